The lowest BCUT2D eigenvalue weighted by atomic mass is 10.2. The van der Waals surface area contributed by atoms with E-state index in [0.29, 0.717) is 15.9 Å². The molecule has 0 fully saturated rings. The Kier molecular flexibility index (Phi) is 4.11. The van der Waals surface area contributed by atoms with Crippen LogP contribution >= 0.6 is 15.9 Å². The largest absolute Gasteiger partial charge is 0.467 e. The summed E-state index contributed by atoms with van der Waals surface area (Å²) < 4.78 is 5.62. The number of aliphatic hydroxyl groups is 1. The molecule has 0 bridgehead atoms. The van der Waals surface area contributed by atoms with Crippen LogP contribution in [0.3, 0.4) is 0 Å². The summed E-state index contributed by atoms with van der Waals surface area (Å²) >= 11 is 3.19. The Morgan fingerprint density at radius 3 is 3.06 bits per heavy atom. The van der Waals surface area contributed by atoms with Crippen molar-refractivity contribution in [3.8, 4) is 0 Å². The number of nitrogens with one attached hydrogen (secondary N) is 1. The van der Waals surface area contributed by atoms with Gasteiger partial charge in [0.2, 0.25) is 0 Å². The van der Waals surface area contributed by atoms with Crippen molar-refractivity contribution >= 4 is 21.8 Å². The SMILES string of the molecule is O=C(NCC(O)c1ccco1)c1ccnc(Br)c1. The molecular formula is C12H11BrN2O3. The Labute approximate surface area is 112 Å². The van der Waals surface area contributed by atoms with Crippen LogP contribution in [0.4, 0.5) is 0 Å². The van der Waals surface area contributed by atoms with Gasteiger partial charge in [-0.1, -0.05) is 0 Å². The molecule has 2 aromatic rings. The zero-order valence-corrected chi connectivity index (χ0v) is 10.9. The summed E-state index contributed by atoms with van der Waals surface area (Å²) in [6, 6.07) is 6.54. The summed E-state index contributed by atoms with van der Waals surface area (Å²) in [5.74, 6) is 0.148. The second-order valence-corrected chi connectivity index (χ2v) is 4.42. The van der Waals surface area contributed by atoms with Gasteiger partial charge in [-0.2, -0.15) is 0 Å². The van der Waals surface area contributed by atoms with Crippen molar-refractivity contribution in [2.24, 2.45) is 0 Å². The van der Waals surface area contributed by atoms with Gasteiger partial charge in [-0.05, 0) is 40.2 Å². The minimum absolute atomic E-state index is 0.0896. The van der Waals surface area contributed by atoms with Crippen LogP contribution in [0.5, 0.6) is 0 Å². The number of pyridine rings is 1. The number of amides is 1. The third-order valence-corrected chi connectivity index (χ3v) is 2.75. The summed E-state index contributed by atoms with van der Waals surface area (Å²) in [7, 11) is 0. The van der Waals surface area contributed by atoms with Crippen molar-refractivity contribution in [3.63, 3.8) is 0 Å². The quantitative estimate of drug-likeness (QED) is 0.846. The van der Waals surface area contributed by atoms with Crippen LogP contribution < -0.4 is 5.32 Å². The van der Waals surface area contributed by atoms with Crippen molar-refractivity contribution in [1.29, 1.82) is 0 Å². The maximum atomic E-state index is 11.8. The van der Waals surface area contributed by atoms with Gasteiger partial charge >= 0.3 is 0 Å². The van der Waals surface area contributed by atoms with Crippen LogP contribution in [-0.4, -0.2) is 22.5 Å². The molecule has 5 nitrogen and oxygen atoms in total. The number of rotatable bonds is 4. The van der Waals surface area contributed by atoms with Crippen molar-refractivity contribution < 1.29 is 14.3 Å². The number of furan rings is 1. The summed E-state index contributed by atoms with van der Waals surface area (Å²) in [5.41, 5.74) is 0.475. The first kappa shape index (κ1) is 12.8. The molecule has 0 saturated carbocycles. The van der Waals surface area contributed by atoms with Gasteiger partial charge in [0, 0.05) is 11.8 Å². The molecule has 2 N–H and O–H groups in total. The van der Waals surface area contributed by atoms with Crippen LogP contribution in [-0.2, 0) is 0 Å². The molecule has 0 aliphatic carbocycles. The first-order valence-electron chi connectivity index (χ1n) is 5.28. The molecule has 2 rings (SSSR count). The number of halogens is 1. The average Bonchev–Trinajstić information content (AvgIpc) is 2.89. The highest BCUT2D eigenvalue weighted by Gasteiger charge is 2.12. The maximum Gasteiger partial charge on any atom is 0.251 e. The molecule has 0 aromatic carbocycles. The van der Waals surface area contributed by atoms with Gasteiger partial charge in [-0.3, -0.25) is 4.79 Å². The van der Waals surface area contributed by atoms with E-state index in [1.807, 2.05) is 0 Å². The fraction of sp³-hybridized carbons (Fsp3) is 0.167. The van der Waals surface area contributed by atoms with E-state index >= 15 is 0 Å². The third kappa shape index (κ3) is 3.18. The molecule has 6 heteroatoms. The van der Waals surface area contributed by atoms with Crippen molar-refractivity contribution in [3.05, 3.63) is 52.7 Å². The molecule has 0 radical (unpaired) electrons. The second kappa shape index (κ2) is 5.79. The Morgan fingerprint density at radius 2 is 2.39 bits per heavy atom. The molecule has 1 unspecified atom stereocenters. The average molecular weight is 311 g/mol. The lowest BCUT2D eigenvalue weighted by molar-refractivity contribution is 0.0901. The number of nitrogens with zero attached hydrogens (tertiary/aromatic N) is 1. The topological polar surface area (TPSA) is 75.4 Å². The van der Waals surface area contributed by atoms with Crippen molar-refractivity contribution in [1.82, 2.24) is 10.3 Å². The first-order valence-corrected chi connectivity index (χ1v) is 6.07. The highest BCUT2D eigenvalue weighted by molar-refractivity contribution is 9.10. The first-order chi connectivity index (χ1) is 8.66. The maximum absolute atomic E-state index is 11.8. The Morgan fingerprint density at radius 1 is 1.56 bits per heavy atom. The Balaban J connectivity index is 1.92. The van der Waals surface area contributed by atoms with Crippen molar-refractivity contribution in [2.75, 3.05) is 6.54 Å². The van der Waals surface area contributed by atoms with Gasteiger partial charge in [-0.15, -0.1) is 0 Å². The molecule has 0 spiro atoms. The minimum atomic E-state index is -0.853. The van der Waals surface area contributed by atoms with Gasteiger partial charge < -0.3 is 14.8 Å². The van der Waals surface area contributed by atoms with Crippen LogP contribution in [0, 0.1) is 0 Å². The second-order valence-electron chi connectivity index (χ2n) is 3.61. The molecule has 18 heavy (non-hydrogen) atoms. The standard InChI is InChI=1S/C12H11BrN2O3/c13-11-6-8(3-4-14-11)12(17)15-7-9(16)10-2-1-5-18-10/h1-6,9,16H,7H2,(H,15,17). The minimum Gasteiger partial charge on any atom is -0.467 e. The number of aromatic nitrogens is 1. The number of hydrogen-bond acceptors (Lipinski definition) is 4. The Hall–Kier alpha value is -1.66. The summed E-state index contributed by atoms with van der Waals surface area (Å²) in [5, 5.41) is 12.3. The molecule has 0 saturated heterocycles. The third-order valence-electron chi connectivity index (χ3n) is 2.32. The predicted molar refractivity (Wildman–Crippen MR) is 67.9 cm³/mol. The number of aliphatic hydroxyl groups excluding tert-OH is 1. The van der Waals surface area contributed by atoms with Gasteiger partial charge in [0.25, 0.3) is 5.91 Å². The van der Waals surface area contributed by atoms with E-state index in [9.17, 15) is 9.90 Å². The Bertz CT molecular complexity index is 528. The van der Waals surface area contributed by atoms with E-state index in [1.165, 1.54) is 12.5 Å². The van der Waals surface area contributed by atoms with E-state index in [4.69, 9.17) is 4.42 Å². The lowest BCUT2D eigenvalue weighted by Gasteiger charge is -2.09. The molecule has 1 atom stereocenters. The highest BCUT2D eigenvalue weighted by atomic mass is 79.9. The fourth-order valence-corrected chi connectivity index (χ4v) is 1.78. The van der Waals surface area contributed by atoms with Gasteiger partial charge in [0.15, 0.2) is 0 Å². The van der Waals surface area contributed by atoms with Gasteiger partial charge in [-0.25, -0.2) is 4.98 Å². The molecular weight excluding hydrogens is 300 g/mol. The van der Waals surface area contributed by atoms with Crippen LogP contribution in [0.1, 0.15) is 22.2 Å². The monoisotopic (exact) mass is 310 g/mol. The number of hydrogen-bond donors (Lipinski definition) is 2. The lowest BCUT2D eigenvalue weighted by Crippen LogP contribution is -2.28. The number of carbonyl (C=O) groups excluding carboxylic acids is 1. The molecule has 2 aromatic heterocycles. The summed E-state index contributed by atoms with van der Waals surface area (Å²) in [6.45, 7) is 0.0896. The molecule has 94 valence electrons. The molecule has 1 amide bonds. The molecule has 0 aliphatic rings. The normalized spacial score (nSPS) is 12.1. The highest BCUT2D eigenvalue weighted by Crippen LogP contribution is 2.12. The van der Waals surface area contributed by atoms with E-state index in [-0.39, 0.29) is 12.5 Å². The summed E-state index contributed by atoms with van der Waals surface area (Å²) in [6.07, 6.45) is 2.15. The molecule has 0 aliphatic heterocycles. The zero-order chi connectivity index (χ0) is 13.0. The van der Waals surface area contributed by atoms with E-state index in [1.54, 1.807) is 24.3 Å². The van der Waals surface area contributed by atoms with Gasteiger partial charge in [0.05, 0.1) is 12.8 Å². The van der Waals surface area contributed by atoms with Crippen molar-refractivity contribution in [2.45, 2.75) is 6.10 Å². The van der Waals surface area contributed by atoms with Crippen LogP contribution in [0.15, 0.2) is 45.7 Å². The molecule has 2 heterocycles. The van der Waals surface area contributed by atoms with E-state index in [0.717, 1.165) is 0 Å². The van der Waals surface area contributed by atoms with Crippen LogP contribution in [0.2, 0.25) is 0 Å². The van der Waals surface area contributed by atoms with E-state index < -0.39 is 6.10 Å². The van der Waals surface area contributed by atoms with Crippen LogP contribution in [0.25, 0.3) is 0 Å². The van der Waals surface area contributed by atoms with E-state index in [2.05, 4.69) is 26.2 Å². The zero-order valence-electron chi connectivity index (χ0n) is 9.34. The summed E-state index contributed by atoms with van der Waals surface area (Å²) in [4.78, 5) is 15.7. The predicted octanol–water partition coefficient (Wildman–Crippen LogP) is 1.90. The smallest absolute Gasteiger partial charge is 0.251 e. The fourth-order valence-electron chi connectivity index (χ4n) is 1.42. The van der Waals surface area contributed by atoms with Gasteiger partial charge in [0.1, 0.15) is 16.5 Å². The number of carbonyl (C=O) groups is 1.